The number of alkyl halides is 2. The summed E-state index contributed by atoms with van der Waals surface area (Å²) in [5.74, 6) is 2.17. The lowest BCUT2D eigenvalue weighted by Crippen LogP contribution is -2.06. The SMILES string of the molecule is COc1ccc(C=Cc2ccc(NCCCCl)cc2NCCCCl)cc1. The maximum absolute atomic E-state index is 5.80. The highest BCUT2D eigenvalue weighted by Gasteiger charge is 2.02. The van der Waals surface area contributed by atoms with E-state index < -0.39 is 0 Å². The summed E-state index contributed by atoms with van der Waals surface area (Å²) in [5.41, 5.74) is 4.45. The fraction of sp³-hybridized carbons (Fsp3) is 0.333. The quantitative estimate of drug-likeness (QED) is 0.281. The van der Waals surface area contributed by atoms with Gasteiger partial charge in [-0.2, -0.15) is 0 Å². The molecular formula is C21H26Cl2N2O. The average Bonchev–Trinajstić information content (AvgIpc) is 2.68. The van der Waals surface area contributed by atoms with Crippen LogP contribution in [0.1, 0.15) is 24.0 Å². The summed E-state index contributed by atoms with van der Waals surface area (Å²) in [6, 6.07) is 14.3. The van der Waals surface area contributed by atoms with Crippen molar-refractivity contribution in [2.45, 2.75) is 12.8 Å². The van der Waals surface area contributed by atoms with Gasteiger partial charge in [0.2, 0.25) is 0 Å². The molecule has 0 spiro atoms. The first kappa shape index (κ1) is 20.5. The fourth-order valence-corrected chi connectivity index (χ4v) is 2.72. The molecule has 3 nitrogen and oxygen atoms in total. The van der Waals surface area contributed by atoms with Crippen LogP contribution in [-0.4, -0.2) is 32.0 Å². The highest BCUT2D eigenvalue weighted by atomic mass is 35.5. The van der Waals surface area contributed by atoms with Crippen LogP contribution in [0, 0.1) is 0 Å². The predicted octanol–water partition coefficient (Wildman–Crippen LogP) is 5.95. The molecule has 0 fully saturated rings. The Balaban J connectivity index is 2.13. The van der Waals surface area contributed by atoms with Gasteiger partial charge >= 0.3 is 0 Å². The summed E-state index contributed by atoms with van der Waals surface area (Å²) in [6.07, 6.45) is 6.08. The lowest BCUT2D eigenvalue weighted by Gasteiger charge is -2.13. The van der Waals surface area contributed by atoms with Crippen LogP contribution >= 0.6 is 23.2 Å². The van der Waals surface area contributed by atoms with Gasteiger partial charge in [-0.25, -0.2) is 0 Å². The number of nitrogens with one attached hydrogen (secondary N) is 2. The monoisotopic (exact) mass is 392 g/mol. The van der Waals surface area contributed by atoms with Crippen LogP contribution in [0.4, 0.5) is 11.4 Å². The fourth-order valence-electron chi connectivity index (χ4n) is 2.46. The molecule has 0 atom stereocenters. The van der Waals surface area contributed by atoms with Gasteiger partial charge in [-0.15, -0.1) is 23.2 Å². The number of anilines is 2. The van der Waals surface area contributed by atoms with Crippen molar-refractivity contribution in [2.75, 3.05) is 42.6 Å². The smallest absolute Gasteiger partial charge is 0.118 e. The van der Waals surface area contributed by atoms with E-state index in [1.807, 2.05) is 24.3 Å². The topological polar surface area (TPSA) is 33.3 Å². The summed E-state index contributed by atoms with van der Waals surface area (Å²) in [7, 11) is 1.67. The zero-order valence-electron chi connectivity index (χ0n) is 15.1. The molecule has 2 N–H and O–H groups in total. The molecule has 0 saturated carbocycles. The van der Waals surface area contributed by atoms with Crippen LogP contribution < -0.4 is 15.4 Å². The summed E-state index contributed by atoms with van der Waals surface area (Å²) in [4.78, 5) is 0. The molecule has 0 aromatic heterocycles. The molecule has 140 valence electrons. The maximum Gasteiger partial charge on any atom is 0.118 e. The molecule has 0 bridgehead atoms. The molecule has 5 heteroatoms. The molecule has 0 aliphatic heterocycles. The summed E-state index contributed by atoms with van der Waals surface area (Å²) < 4.78 is 5.20. The van der Waals surface area contributed by atoms with Crippen molar-refractivity contribution in [1.29, 1.82) is 0 Å². The Hall–Kier alpha value is -1.84. The van der Waals surface area contributed by atoms with Crippen LogP contribution in [-0.2, 0) is 0 Å². The van der Waals surface area contributed by atoms with Crippen molar-refractivity contribution in [3.05, 3.63) is 53.6 Å². The molecule has 2 aromatic carbocycles. The minimum absolute atomic E-state index is 0.650. The van der Waals surface area contributed by atoms with Crippen LogP contribution in [0.15, 0.2) is 42.5 Å². The van der Waals surface area contributed by atoms with Gasteiger partial charge in [0, 0.05) is 36.2 Å². The second-order valence-corrected chi connectivity index (χ2v) is 6.60. The Bertz CT molecular complexity index is 687. The molecule has 0 saturated heterocycles. The van der Waals surface area contributed by atoms with Crippen LogP contribution in [0.25, 0.3) is 12.2 Å². The van der Waals surface area contributed by atoms with Crippen LogP contribution in [0.5, 0.6) is 5.75 Å². The Morgan fingerprint density at radius 3 is 2.23 bits per heavy atom. The van der Waals surface area contributed by atoms with Gasteiger partial charge in [-0.1, -0.05) is 30.4 Å². The molecule has 0 aliphatic carbocycles. The molecule has 0 radical (unpaired) electrons. The third-order valence-electron chi connectivity index (χ3n) is 3.89. The largest absolute Gasteiger partial charge is 0.497 e. The van der Waals surface area contributed by atoms with Crippen molar-refractivity contribution in [2.24, 2.45) is 0 Å². The van der Waals surface area contributed by atoms with E-state index in [0.29, 0.717) is 11.8 Å². The lowest BCUT2D eigenvalue weighted by molar-refractivity contribution is 0.415. The Morgan fingerprint density at radius 1 is 0.885 bits per heavy atom. The van der Waals surface area contributed by atoms with E-state index in [2.05, 4.69) is 41.0 Å². The molecule has 0 heterocycles. The average molecular weight is 393 g/mol. The van der Waals surface area contributed by atoms with Gasteiger partial charge in [0.1, 0.15) is 5.75 Å². The molecule has 2 rings (SSSR count). The van der Waals surface area contributed by atoms with Gasteiger partial charge in [0.25, 0.3) is 0 Å². The van der Waals surface area contributed by atoms with E-state index in [1.165, 1.54) is 0 Å². The molecule has 0 amide bonds. The minimum Gasteiger partial charge on any atom is -0.497 e. The zero-order chi connectivity index (χ0) is 18.6. The number of ether oxygens (including phenoxy) is 1. The molecular weight excluding hydrogens is 367 g/mol. The second-order valence-electron chi connectivity index (χ2n) is 5.85. The highest BCUT2D eigenvalue weighted by molar-refractivity contribution is 6.18. The van der Waals surface area contributed by atoms with E-state index in [0.717, 1.165) is 54.2 Å². The van der Waals surface area contributed by atoms with E-state index in [4.69, 9.17) is 27.9 Å². The third kappa shape index (κ3) is 6.81. The first-order valence-electron chi connectivity index (χ1n) is 8.82. The minimum atomic E-state index is 0.650. The Morgan fingerprint density at radius 2 is 1.58 bits per heavy atom. The number of benzene rings is 2. The van der Waals surface area contributed by atoms with E-state index in [-0.39, 0.29) is 0 Å². The summed E-state index contributed by atoms with van der Waals surface area (Å²) in [5, 5.41) is 6.88. The normalized spacial score (nSPS) is 10.9. The van der Waals surface area contributed by atoms with Crippen LogP contribution in [0.3, 0.4) is 0 Å². The van der Waals surface area contributed by atoms with Crippen molar-refractivity contribution in [3.63, 3.8) is 0 Å². The van der Waals surface area contributed by atoms with Crippen molar-refractivity contribution in [1.82, 2.24) is 0 Å². The maximum atomic E-state index is 5.80. The number of hydrogen-bond acceptors (Lipinski definition) is 3. The van der Waals surface area contributed by atoms with Gasteiger partial charge in [-0.3, -0.25) is 0 Å². The summed E-state index contributed by atoms with van der Waals surface area (Å²) in [6.45, 7) is 1.71. The van der Waals surface area contributed by atoms with Crippen molar-refractivity contribution in [3.8, 4) is 5.75 Å². The van der Waals surface area contributed by atoms with Gasteiger partial charge in [-0.05, 0) is 48.2 Å². The van der Waals surface area contributed by atoms with Crippen LogP contribution in [0.2, 0.25) is 0 Å². The number of hydrogen-bond donors (Lipinski definition) is 2. The summed E-state index contributed by atoms with van der Waals surface area (Å²) >= 11 is 11.5. The second kappa shape index (κ2) is 11.7. The zero-order valence-corrected chi connectivity index (χ0v) is 16.6. The standard InChI is InChI=1S/C21H26Cl2N2O/c1-26-20-10-5-17(6-11-20)4-7-18-8-9-19(24-14-2-12-22)16-21(18)25-15-3-13-23/h4-11,16,24-25H,2-3,12-15H2,1H3. The first-order valence-corrected chi connectivity index (χ1v) is 9.89. The number of halogens is 2. The van der Waals surface area contributed by atoms with Crippen molar-refractivity contribution >= 4 is 46.7 Å². The Kier molecular flexibility index (Phi) is 9.22. The Labute approximate surface area is 166 Å². The first-order chi connectivity index (χ1) is 12.8. The predicted molar refractivity (Wildman–Crippen MR) is 116 cm³/mol. The molecule has 26 heavy (non-hydrogen) atoms. The van der Waals surface area contributed by atoms with Gasteiger partial charge < -0.3 is 15.4 Å². The third-order valence-corrected chi connectivity index (χ3v) is 4.42. The number of methoxy groups -OCH3 is 1. The lowest BCUT2D eigenvalue weighted by atomic mass is 10.1. The van der Waals surface area contributed by atoms with Gasteiger partial charge in [0.05, 0.1) is 7.11 Å². The molecule has 2 aromatic rings. The van der Waals surface area contributed by atoms with E-state index in [9.17, 15) is 0 Å². The molecule has 0 aliphatic rings. The molecule has 0 unspecified atom stereocenters. The van der Waals surface area contributed by atoms with Crippen molar-refractivity contribution < 1.29 is 4.74 Å². The number of rotatable bonds is 11. The highest BCUT2D eigenvalue weighted by Crippen LogP contribution is 2.24. The van der Waals surface area contributed by atoms with Gasteiger partial charge in [0.15, 0.2) is 0 Å². The van der Waals surface area contributed by atoms with E-state index in [1.54, 1.807) is 7.11 Å². The van der Waals surface area contributed by atoms with E-state index >= 15 is 0 Å².